The zero-order valence-electron chi connectivity index (χ0n) is 13.5. The highest BCUT2D eigenvalue weighted by molar-refractivity contribution is 6.10. The van der Waals surface area contributed by atoms with Crippen LogP contribution >= 0.6 is 0 Å². The molecular formula is C20H18FNO2. The molecule has 122 valence electrons. The van der Waals surface area contributed by atoms with Gasteiger partial charge in [0.25, 0.3) is 0 Å². The van der Waals surface area contributed by atoms with Crippen molar-refractivity contribution in [3.63, 3.8) is 0 Å². The molecule has 2 aromatic carbocycles. The van der Waals surface area contributed by atoms with E-state index in [1.807, 2.05) is 30.3 Å². The standard InChI is InChI=1S/C20H18FNO2/c1-24-16-9-14(8-15(21)10-16)13-6-7-19(23)20(11-13)12-22-18-5-3-2-4-17(18)20/h2-5,8-10,12-13H,6-7,11H2,1H3. The number of ether oxygens (including phenoxy) is 1. The van der Waals surface area contributed by atoms with Crippen LogP contribution in [-0.4, -0.2) is 19.1 Å². The fourth-order valence-electron chi connectivity index (χ4n) is 3.95. The molecule has 4 heteroatoms. The SMILES string of the molecule is COc1cc(F)cc(C2CCC(=O)C3(C=Nc4ccccc43)C2)c1. The van der Waals surface area contributed by atoms with Crippen LogP contribution in [0.5, 0.6) is 5.75 Å². The molecule has 0 N–H and O–H groups in total. The molecular weight excluding hydrogens is 305 g/mol. The molecule has 2 aromatic rings. The fourth-order valence-corrected chi connectivity index (χ4v) is 3.95. The number of hydrogen-bond acceptors (Lipinski definition) is 3. The number of Topliss-reactive ketones (excluding diaryl/α,β-unsaturated/α-hetero) is 1. The van der Waals surface area contributed by atoms with Crippen molar-refractivity contribution >= 4 is 17.7 Å². The summed E-state index contributed by atoms with van der Waals surface area (Å²) in [6, 6.07) is 12.6. The van der Waals surface area contributed by atoms with Gasteiger partial charge in [0.05, 0.1) is 18.2 Å². The lowest BCUT2D eigenvalue weighted by atomic mass is 9.65. The van der Waals surface area contributed by atoms with E-state index in [0.29, 0.717) is 18.6 Å². The number of methoxy groups -OCH3 is 1. The maximum Gasteiger partial charge on any atom is 0.148 e. The molecule has 0 radical (unpaired) electrons. The van der Waals surface area contributed by atoms with Gasteiger partial charge in [0.1, 0.15) is 17.3 Å². The topological polar surface area (TPSA) is 38.7 Å². The lowest BCUT2D eigenvalue weighted by molar-refractivity contribution is -0.124. The Bertz CT molecular complexity index is 845. The molecule has 2 atom stereocenters. The fraction of sp³-hybridized carbons (Fsp3) is 0.300. The number of benzene rings is 2. The van der Waals surface area contributed by atoms with Crippen molar-refractivity contribution in [2.24, 2.45) is 4.99 Å². The van der Waals surface area contributed by atoms with Gasteiger partial charge in [0.15, 0.2) is 0 Å². The van der Waals surface area contributed by atoms with E-state index < -0.39 is 5.41 Å². The van der Waals surface area contributed by atoms with Crippen LogP contribution in [0.3, 0.4) is 0 Å². The smallest absolute Gasteiger partial charge is 0.148 e. The van der Waals surface area contributed by atoms with E-state index in [2.05, 4.69) is 4.99 Å². The number of rotatable bonds is 2. The summed E-state index contributed by atoms with van der Waals surface area (Å²) in [5, 5.41) is 0. The molecule has 1 spiro atoms. The van der Waals surface area contributed by atoms with Gasteiger partial charge in [0.2, 0.25) is 0 Å². The van der Waals surface area contributed by atoms with Gasteiger partial charge in [0, 0.05) is 18.7 Å². The van der Waals surface area contributed by atoms with Crippen molar-refractivity contribution in [1.29, 1.82) is 0 Å². The Hall–Kier alpha value is -2.49. The third-order valence-electron chi connectivity index (χ3n) is 5.20. The largest absolute Gasteiger partial charge is 0.497 e. The first kappa shape index (κ1) is 15.1. The number of carbonyl (C=O) groups excluding carboxylic acids is 1. The van der Waals surface area contributed by atoms with Gasteiger partial charge < -0.3 is 4.74 Å². The normalized spacial score (nSPS) is 25.1. The van der Waals surface area contributed by atoms with E-state index in [1.165, 1.54) is 13.2 Å². The number of nitrogens with zero attached hydrogens (tertiary/aromatic N) is 1. The molecule has 1 heterocycles. The van der Waals surface area contributed by atoms with Gasteiger partial charge >= 0.3 is 0 Å². The highest BCUT2D eigenvalue weighted by Crippen LogP contribution is 2.48. The van der Waals surface area contributed by atoms with Gasteiger partial charge in [-0.1, -0.05) is 18.2 Å². The van der Waals surface area contributed by atoms with Crippen molar-refractivity contribution in [3.05, 3.63) is 59.4 Å². The summed E-state index contributed by atoms with van der Waals surface area (Å²) in [6.07, 6.45) is 3.62. The summed E-state index contributed by atoms with van der Waals surface area (Å²) in [5.41, 5.74) is 2.06. The molecule has 4 rings (SSSR count). The predicted octanol–water partition coefficient (Wildman–Crippen LogP) is 4.32. The predicted molar refractivity (Wildman–Crippen MR) is 90.8 cm³/mol. The molecule has 0 saturated heterocycles. The Morgan fingerprint density at radius 3 is 2.92 bits per heavy atom. The number of carbonyl (C=O) groups is 1. The minimum absolute atomic E-state index is 0.102. The Labute approximate surface area is 140 Å². The Morgan fingerprint density at radius 1 is 1.25 bits per heavy atom. The van der Waals surface area contributed by atoms with E-state index in [9.17, 15) is 9.18 Å². The van der Waals surface area contributed by atoms with Crippen molar-refractivity contribution in [2.45, 2.75) is 30.6 Å². The monoisotopic (exact) mass is 323 g/mol. The molecule has 0 amide bonds. The average molecular weight is 323 g/mol. The van der Waals surface area contributed by atoms with E-state index >= 15 is 0 Å². The second kappa shape index (κ2) is 5.55. The second-order valence-corrected chi connectivity index (χ2v) is 6.53. The maximum absolute atomic E-state index is 13.9. The first-order valence-electron chi connectivity index (χ1n) is 8.15. The van der Waals surface area contributed by atoms with Crippen LogP contribution in [0.1, 0.15) is 36.3 Å². The molecule has 3 nitrogen and oxygen atoms in total. The highest BCUT2D eigenvalue weighted by atomic mass is 19.1. The number of fused-ring (bicyclic) bond motifs is 2. The molecule has 1 aliphatic heterocycles. The number of halogens is 1. The Balaban J connectivity index is 1.74. The molecule has 0 aromatic heterocycles. The first-order valence-corrected chi connectivity index (χ1v) is 8.15. The molecule has 1 aliphatic carbocycles. The average Bonchev–Trinajstić information content (AvgIpc) is 2.96. The molecule has 0 bridgehead atoms. The van der Waals surface area contributed by atoms with Crippen molar-refractivity contribution in [1.82, 2.24) is 0 Å². The van der Waals surface area contributed by atoms with Crippen LogP contribution in [0.2, 0.25) is 0 Å². The third-order valence-corrected chi connectivity index (χ3v) is 5.20. The van der Waals surface area contributed by atoms with E-state index in [-0.39, 0.29) is 17.5 Å². The Kier molecular flexibility index (Phi) is 3.48. The molecule has 2 unspecified atom stereocenters. The zero-order valence-corrected chi connectivity index (χ0v) is 13.5. The quantitative estimate of drug-likeness (QED) is 0.825. The Morgan fingerprint density at radius 2 is 2.08 bits per heavy atom. The van der Waals surface area contributed by atoms with Gasteiger partial charge in [-0.25, -0.2) is 4.39 Å². The number of ketones is 1. The van der Waals surface area contributed by atoms with Crippen molar-refractivity contribution < 1.29 is 13.9 Å². The maximum atomic E-state index is 13.9. The molecule has 2 aliphatic rings. The molecule has 1 fully saturated rings. The first-order chi connectivity index (χ1) is 11.6. The van der Waals surface area contributed by atoms with Crippen LogP contribution < -0.4 is 4.74 Å². The molecule has 1 saturated carbocycles. The van der Waals surface area contributed by atoms with E-state index in [0.717, 1.165) is 23.2 Å². The summed E-state index contributed by atoms with van der Waals surface area (Å²) in [4.78, 5) is 17.2. The van der Waals surface area contributed by atoms with Crippen LogP contribution in [-0.2, 0) is 10.2 Å². The lowest BCUT2D eigenvalue weighted by Gasteiger charge is -2.35. The highest BCUT2D eigenvalue weighted by Gasteiger charge is 2.47. The van der Waals surface area contributed by atoms with Crippen LogP contribution in [0.15, 0.2) is 47.5 Å². The van der Waals surface area contributed by atoms with Crippen LogP contribution in [0.25, 0.3) is 0 Å². The summed E-state index contributed by atoms with van der Waals surface area (Å²) >= 11 is 0. The number of hydrogen-bond donors (Lipinski definition) is 0. The van der Waals surface area contributed by atoms with Crippen LogP contribution in [0, 0.1) is 5.82 Å². The number of para-hydroxylation sites is 1. The molecule has 24 heavy (non-hydrogen) atoms. The summed E-state index contributed by atoms with van der Waals surface area (Å²) in [5.74, 6) is 0.507. The third kappa shape index (κ3) is 2.25. The number of aliphatic imine (C=N–C) groups is 1. The minimum atomic E-state index is -0.668. The van der Waals surface area contributed by atoms with Gasteiger partial charge in [-0.2, -0.15) is 0 Å². The second-order valence-electron chi connectivity index (χ2n) is 6.53. The zero-order chi connectivity index (χ0) is 16.7. The minimum Gasteiger partial charge on any atom is -0.497 e. The van der Waals surface area contributed by atoms with E-state index in [1.54, 1.807) is 12.3 Å². The summed E-state index contributed by atoms with van der Waals surface area (Å²) in [6.45, 7) is 0. The van der Waals surface area contributed by atoms with Gasteiger partial charge in [-0.15, -0.1) is 0 Å². The van der Waals surface area contributed by atoms with Crippen molar-refractivity contribution in [3.8, 4) is 5.75 Å². The summed E-state index contributed by atoms with van der Waals surface area (Å²) < 4.78 is 19.1. The van der Waals surface area contributed by atoms with E-state index in [4.69, 9.17) is 4.74 Å². The van der Waals surface area contributed by atoms with Gasteiger partial charge in [-0.3, -0.25) is 9.79 Å². The lowest BCUT2D eigenvalue weighted by Crippen LogP contribution is -2.41. The van der Waals surface area contributed by atoms with Crippen LogP contribution in [0.4, 0.5) is 10.1 Å². The van der Waals surface area contributed by atoms with Crippen molar-refractivity contribution in [2.75, 3.05) is 7.11 Å². The van der Waals surface area contributed by atoms with Gasteiger partial charge in [-0.05, 0) is 48.1 Å². The summed E-state index contributed by atoms with van der Waals surface area (Å²) in [7, 11) is 1.53.